The Bertz CT molecular complexity index is 628. The van der Waals surface area contributed by atoms with E-state index in [2.05, 4.69) is 21.2 Å². The van der Waals surface area contributed by atoms with Crippen molar-refractivity contribution in [2.75, 3.05) is 38.5 Å². The molecule has 1 aliphatic heterocycles. The summed E-state index contributed by atoms with van der Waals surface area (Å²) in [7, 11) is 1.86. The second-order valence-corrected chi connectivity index (χ2v) is 7.79. The van der Waals surface area contributed by atoms with Gasteiger partial charge < -0.3 is 19.9 Å². The lowest BCUT2D eigenvalue weighted by Crippen LogP contribution is -3.11. The Hall–Kier alpha value is -1.44. The number of likely N-dealkylation sites (N-methyl/N-ethyl adjacent to an activating group) is 1. The number of nitrogens with zero attached hydrogens (tertiary/aromatic N) is 1. The minimum absolute atomic E-state index is 0.0525. The Morgan fingerprint density at radius 2 is 1.92 bits per heavy atom. The molecule has 0 saturated carbocycles. The predicted octanol–water partition coefficient (Wildman–Crippen LogP) is 0.847. The van der Waals surface area contributed by atoms with Crippen LogP contribution in [0.25, 0.3) is 0 Å². The maximum Gasteiger partial charge on any atom is 0.279 e. The number of morpholine rings is 1. The van der Waals surface area contributed by atoms with Gasteiger partial charge in [-0.1, -0.05) is 15.9 Å². The zero-order valence-electron chi connectivity index (χ0n) is 15.3. The number of ether oxygens (including phenoxy) is 1. The van der Waals surface area contributed by atoms with Gasteiger partial charge in [-0.05, 0) is 44.5 Å². The van der Waals surface area contributed by atoms with E-state index in [-0.39, 0.29) is 30.6 Å². The number of nitrogens with one attached hydrogen (secondary N) is 2. The maximum atomic E-state index is 12.4. The first-order valence-electron chi connectivity index (χ1n) is 8.55. The van der Waals surface area contributed by atoms with Gasteiger partial charge in [0.2, 0.25) is 0 Å². The number of aryl methyl sites for hydroxylation is 1. The molecule has 138 valence electrons. The third-order valence-corrected chi connectivity index (χ3v) is 4.64. The van der Waals surface area contributed by atoms with Crippen LogP contribution >= 0.6 is 15.9 Å². The van der Waals surface area contributed by atoms with Crippen molar-refractivity contribution < 1.29 is 19.2 Å². The topological polar surface area (TPSA) is 63.1 Å². The van der Waals surface area contributed by atoms with Gasteiger partial charge in [-0.2, -0.15) is 0 Å². The van der Waals surface area contributed by atoms with Crippen LogP contribution in [0.15, 0.2) is 22.7 Å². The van der Waals surface area contributed by atoms with Gasteiger partial charge in [0, 0.05) is 23.2 Å². The monoisotopic (exact) mass is 412 g/mol. The number of hydrogen-bond acceptors (Lipinski definition) is 3. The standard InChI is InChI=1S/C18H26BrN3O3/c1-12-7-15(19)5-6-16(12)20-17(23)10-21(4)11-18(24)22-8-13(2)25-14(3)9-22/h5-7,13-14H,8-11H2,1-4H3,(H,20,23)/p+1/t13-,14-/m1/s1. The van der Waals surface area contributed by atoms with Crippen molar-refractivity contribution in [3.63, 3.8) is 0 Å². The molecule has 1 aromatic rings. The maximum absolute atomic E-state index is 12.4. The van der Waals surface area contributed by atoms with Crippen molar-refractivity contribution >= 4 is 33.4 Å². The number of carbonyl (C=O) groups is 2. The molecule has 1 heterocycles. The number of hydrogen-bond donors (Lipinski definition) is 2. The molecule has 1 unspecified atom stereocenters. The molecule has 25 heavy (non-hydrogen) atoms. The van der Waals surface area contributed by atoms with Crippen molar-refractivity contribution in [2.24, 2.45) is 0 Å². The minimum atomic E-state index is -0.0977. The lowest BCUT2D eigenvalue weighted by Gasteiger charge is -2.35. The Morgan fingerprint density at radius 1 is 1.28 bits per heavy atom. The summed E-state index contributed by atoms with van der Waals surface area (Å²) in [6, 6.07) is 5.72. The van der Waals surface area contributed by atoms with E-state index in [0.717, 1.165) is 20.6 Å². The van der Waals surface area contributed by atoms with Crippen LogP contribution < -0.4 is 10.2 Å². The number of quaternary nitrogens is 1. The van der Waals surface area contributed by atoms with Crippen molar-refractivity contribution in [1.29, 1.82) is 0 Å². The molecule has 1 aliphatic rings. The third-order valence-electron chi connectivity index (χ3n) is 4.15. The molecule has 6 nitrogen and oxygen atoms in total. The zero-order chi connectivity index (χ0) is 18.6. The van der Waals surface area contributed by atoms with Gasteiger partial charge >= 0.3 is 0 Å². The van der Waals surface area contributed by atoms with Gasteiger partial charge in [0.05, 0.1) is 19.3 Å². The molecule has 2 N–H and O–H groups in total. The van der Waals surface area contributed by atoms with Crippen LogP contribution in [-0.2, 0) is 14.3 Å². The Morgan fingerprint density at radius 3 is 2.52 bits per heavy atom. The average Bonchev–Trinajstić information content (AvgIpc) is 2.48. The van der Waals surface area contributed by atoms with E-state index in [4.69, 9.17) is 4.74 Å². The molecule has 0 radical (unpaired) electrons. The summed E-state index contributed by atoms with van der Waals surface area (Å²) in [5.74, 6) is -0.0356. The molecule has 0 aromatic heterocycles. The van der Waals surface area contributed by atoms with Crippen molar-refractivity contribution in [3.05, 3.63) is 28.2 Å². The second-order valence-electron chi connectivity index (χ2n) is 6.87. The lowest BCUT2D eigenvalue weighted by atomic mass is 10.2. The summed E-state index contributed by atoms with van der Waals surface area (Å²) in [6.45, 7) is 7.66. The van der Waals surface area contributed by atoms with Crippen LogP contribution in [0.1, 0.15) is 19.4 Å². The van der Waals surface area contributed by atoms with Gasteiger partial charge in [0.25, 0.3) is 11.8 Å². The van der Waals surface area contributed by atoms with Crippen molar-refractivity contribution in [1.82, 2.24) is 4.90 Å². The van der Waals surface area contributed by atoms with Crippen LogP contribution in [0.5, 0.6) is 0 Å². The molecule has 3 atom stereocenters. The summed E-state index contributed by atoms with van der Waals surface area (Å²) in [5.41, 5.74) is 1.79. The summed E-state index contributed by atoms with van der Waals surface area (Å²) >= 11 is 3.41. The van der Waals surface area contributed by atoms with Crippen LogP contribution in [-0.4, -0.2) is 62.1 Å². The van der Waals surface area contributed by atoms with Gasteiger partial charge in [0.15, 0.2) is 13.1 Å². The summed E-state index contributed by atoms with van der Waals surface area (Å²) in [5, 5.41) is 2.91. The number of carbonyl (C=O) groups excluding carboxylic acids is 2. The number of rotatable bonds is 5. The average molecular weight is 413 g/mol. The predicted molar refractivity (Wildman–Crippen MR) is 101 cm³/mol. The molecule has 1 saturated heterocycles. The Kier molecular flexibility index (Phi) is 6.98. The van der Waals surface area contributed by atoms with Gasteiger partial charge in [-0.3, -0.25) is 9.59 Å². The van der Waals surface area contributed by atoms with E-state index in [9.17, 15) is 9.59 Å². The van der Waals surface area contributed by atoms with E-state index in [1.807, 2.05) is 50.9 Å². The minimum Gasteiger partial charge on any atom is -0.372 e. The lowest BCUT2D eigenvalue weighted by molar-refractivity contribution is -0.862. The molecule has 1 fully saturated rings. The van der Waals surface area contributed by atoms with E-state index >= 15 is 0 Å². The van der Waals surface area contributed by atoms with Crippen molar-refractivity contribution in [3.8, 4) is 0 Å². The summed E-state index contributed by atoms with van der Waals surface area (Å²) in [6.07, 6.45) is 0.105. The van der Waals surface area contributed by atoms with Gasteiger partial charge in [-0.25, -0.2) is 0 Å². The fraction of sp³-hybridized carbons (Fsp3) is 0.556. The normalized spacial score (nSPS) is 21.7. The van der Waals surface area contributed by atoms with Crippen LogP contribution in [0.2, 0.25) is 0 Å². The highest BCUT2D eigenvalue weighted by Crippen LogP contribution is 2.19. The number of amides is 2. The molecular formula is C18H27BrN3O3+. The summed E-state index contributed by atoms with van der Waals surface area (Å²) < 4.78 is 6.63. The smallest absolute Gasteiger partial charge is 0.279 e. The number of halogens is 1. The highest BCUT2D eigenvalue weighted by molar-refractivity contribution is 9.10. The second kappa shape index (κ2) is 8.78. The van der Waals surface area contributed by atoms with Gasteiger partial charge in [-0.15, -0.1) is 0 Å². The van der Waals surface area contributed by atoms with Crippen LogP contribution in [0.4, 0.5) is 5.69 Å². The fourth-order valence-electron chi connectivity index (χ4n) is 3.05. The molecule has 0 bridgehead atoms. The van der Waals surface area contributed by atoms with Gasteiger partial charge in [0.1, 0.15) is 0 Å². The van der Waals surface area contributed by atoms with E-state index in [1.165, 1.54) is 0 Å². The first kappa shape index (κ1) is 19.9. The molecular weight excluding hydrogens is 386 g/mol. The first-order valence-corrected chi connectivity index (χ1v) is 9.34. The highest BCUT2D eigenvalue weighted by Gasteiger charge is 2.27. The zero-order valence-corrected chi connectivity index (χ0v) is 16.9. The third kappa shape index (κ3) is 6.09. The number of anilines is 1. The number of benzene rings is 1. The molecule has 0 spiro atoms. The summed E-state index contributed by atoms with van der Waals surface area (Å²) in [4.78, 5) is 27.4. The first-order chi connectivity index (χ1) is 11.7. The molecule has 2 rings (SSSR count). The molecule has 0 aliphatic carbocycles. The Balaban J connectivity index is 1.83. The van der Waals surface area contributed by atoms with Crippen LogP contribution in [0.3, 0.4) is 0 Å². The molecule has 7 heteroatoms. The van der Waals surface area contributed by atoms with Crippen molar-refractivity contribution in [2.45, 2.75) is 33.0 Å². The van der Waals surface area contributed by atoms with Crippen LogP contribution in [0, 0.1) is 6.92 Å². The van der Waals surface area contributed by atoms with E-state index in [1.54, 1.807) is 0 Å². The molecule has 2 amide bonds. The largest absolute Gasteiger partial charge is 0.372 e. The Labute approximate surface area is 157 Å². The SMILES string of the molecule is Cc1cc(Br)ccc1NC(=O)C[NH+](C)CC(=O)N1C[C@@H](C)O[C@H](C)C1. The fourth-order valence-corrected chi connectivity index (χ4v) is 3.53. The highest BCUT2D eigenvalue weighted by atomic mass is 79.9. The van der Waals surface area contributed by atoms with E-state index < -0.39 is 0 Å². The van der Waals surface area contributed by atoms with E-state index in [0.29, 0.717) is 19.6 Å². The molecule has 1 aromatic carbocycles. The quantitative estimate of drug-likeness (QED) is 0.753.